The topological polar surface area (TPSA) is 80.0 Å². The Bertz CT molecular complexity index is 1300. The van der Waals surface area contributed by atoms with E-state index >= 15 is 0 Å². The first-order chi connectivity index (χ1) is 16.4. The van der Waals surface area contributed by atoms with Gasteiger partial charge in [0.05, 0.1) is 18.7 Å². The van der Waals surface area contributed by atoms with E-state index in [1.807, 2.05) is 0 Å². The molecule has 5 rings (SSSR count). The Morgan fingerprint density at radius 3 is 2.44 bits per heavy atom. The summed E-state index contributed by atoms with van der Waals surface area (Å²) in [6.07, 6.45) is 4.75. The summed E-state index contributed by atoms with van der Waals surface area (Å²) in [6.45, 7) is 0. The normalized spacial score (nSPS) is 19.3. The number of aliphatic hydroxyl groups excluding tert-OH is 1. The highest BCUT2D eigenvalue weighted by atomic mass is 35.5. The lowest BCUT2D eigenvalue weighted by molar-refractivity contribution is -0.132. The first-order valence-electron chi connectivity index (χ1n) is 11.2. The molecule has 0 radical (unpaired) electrons. The van der Waals surface area contributed by atoms with Gasteiger partial charge in [-0.3, -0.25) is 9.59 Å². The number of halogens is 2. The molecule has 6 nitrogen and oxygen atoms in total. The molecule has 1 amide bonds. The summed E-state index contributed by atoms with van der Waals surface area (Å²) in [5.74, 6) is -1.25. The number of ether oxygens (including phenoxy) is 1. The highest BCUT2D eigenvalue weighted by Crippen LogP contribution is 2.44. The summed E-state index contributed by atoms with van der Waals surface area (Å²) >= 11 is 12.3. The standard InChI is InChI=1S/C26H23Cl2NO5/c1-33-20-13-17(28)11-15-12-19(34-25(15)20)23(30)21-22(14-7-9-16(27)10-8-14)29(26(32)24(21)31)18-5-3-2-4-6-18/h7-13,18,22,31H,2-6H2,1H3. The fourth-order valence-corrected chi connectivity index (χ4v) is 5.39. The number of aliphatic hydroxyl groups is 1. The molecule has 1 aliphatic carbocycles. The zero-order chi connectivity index (χ0) is 24.0. The van der Waals surface area contributed by atoms with E-state index in [0.717, 1.165) is 32.1 Å². The summed E-state index contributed by atoms with van der Waals surface area (Å²) in [5, 5.41) is 12.5. The van der Waals surface area contributed by atoms with E-state index < -0.39 is 23.5 Å². The van der Waals surface area contributed by atoms with Crippen LogP contribution in [0.25, 0.3) is 11.0 Å². The van der Waals surface area contributed by atoms with Gasteiger partial charge in [0.15, 0.2) is 22.9 Å². The number of rotatable bonds is 5. The molecule has 2 aromatic carbocycles. The molecule has 0 spiro atoms. The molecule has 1 saturated carbocycles. The Balaban J connectivity index is 1.61. The van der Waals surface area contributed by atoms with E-state index in [1.165, 1.54) is 7.11 Å². The average Bonchev–Trinajstić information content (AvgIpc) is 3.38. The van der Waals surface area contributed by atoms with Crippen molar-refractivity contribution in [1.29, 1.82) is 0 Å². The minimum absolute atomic E-state index is 0.00187. The number of nitrogens with zero attached hydrogens (tertiary/aromatic N) is 1. The first-order valence-corrected chi connectivity index (χ1v) is 12.0. The van der Waals surface area contributed by atoms with Crippen LogP contribution in [0.5, 0.6) is 5.75 Å². The van der Waals surface area contributed by atoms with Gasteiger partial charge in [0.25, 0.3) is 5.91 Å². The minimum atomic E-state index is -0.737. The van der Waals surface area contributed by atoms with E-state index in [4.69, 9.17) is 32.4 Å². The van der Waals surface area contributed by atoms with Crippen molar-refractivity contribution in [2.75, 3.05) is 7.11 Å². The number of Topliss-reactive ketones (excluding diaryl/α,β-unsaturated/α-hetero) is 1. The number of carbonyl (C=O) groups excluding carboxylic acids is 2. The van der Waals surface area contributed by atoms with Crippen LogP contribution in [0.3, 0.4) is 0 Å². The van der Waals surface area contributed by atoms with Crippen LogP contribution in [-0.2, 0) is 4.79 Å². The van der Waals surface area contributed by atoms with Crippen LogP contribution in [0.4, 0.5) is 0 Å². The van der Waals surface area contributed by atoms with Crippen molar-refractivity contribution in [2.24, 2.45) is 0 Å². The van der Waals surface area contributed by atoms with Crippen molar-refractivity contribution in [3.05, 3.63) is 75.2 Å². The Morgan fingerprint density at radius 2 is 1.76 bits per heavy atom. The number of furan rings is 1. The Morgan fingerprint density at radius 1 is 1.06 bits per heavy atom. The number of carbonyl (C=O) groups is 2. The molecule has 0 saturated heterocycles. The molecule has 2 aliphatic rings. The fraction of sp³-hybridized carbons (Fsp3) is 0.308. The van der Waals surface area contributed by atoms with Crippen LogP contribution in [-0.4, -0.2) is 34.8 Å². The van der Waals surface area contributed by atoms with Crippen molar-refractivity contribution in [2.45, 2.75) is 44.2 Å². The number of benzene rings is 2. The minimum Gasteiger partial charge on any atom is -0.503 e. The first kappa shape index (κ1) is 22.8. The number of ketones is 1. The lowest BCUT2D eigenvalue weighted by Crippen LogP contribution is -2.41. The van der Waals surface area contributed by atoms with Gasteiger partial charge < -0.3 is 19.2 Å². The summed E-state index contributed by atoms with van der Waals surface area (Å²) in [5.41, 5.74) is 1.07. The molecule has 176 valence electrons. The molecule has 1 aromatic heterocycles. The maximum atomic E-state index is 13.7. The van der Waals surface area contributed by atoms with Gasteiger partial charge in [-0.15, -0.1) is 0 Å². The van der Waals surface area contributed by atoms with Gasteiger partial charge in [-0.25, -0.2) is 0 Å². The van der Waals surface area contributed by atoms with Crippen LogP contribution >= 0.6 is 23.2 Å². The maximum Gasteiger partial charge on any atom is 0.290 e. The molecular weight excluding hydrogens is 477 g/mol. The zero-order valence-electron chi connectivity index (χ0n) is 18.5. The van der Waals surface area contributed by atoms with E-state index in [0.29, 0.717) is 32.3 Å². The monoisotopic (exact) mass is 499 g/mol. The molecule has 8 heteroatoms. The largest absolute Gasteiger partial charge is 0.503 e. The van der Waals surface area contributed by atoms with Gasteiger partial charge in [0.1, 0.15) is 0 Å². The van der Waals surface area contributed by atoms with Gasteiger partial charge in [-0.2, -0.15) is 0 Å². The summed E-state index contributed by atoms with van der Waals surface area (Å²) < 4.78 is 11.2. The third kappa shape index (κ3) is 3.85. The molecule has 1 fully saturated rings. The zero-order valence-corrected chi connectivity index (χ0v) is 20.0. The molecule has 34 heavy (non-hydrogen) atoms. The average molecular weight is 500 g/mol. The van der Waals surface area contributed by atoms with Gasteiger partial charge >= 0.3 is 0 Å². The van der Waals surface area contributed by atoms with Gasteiger partial charge in [-0.05, 0) is 42.7 Å². The lowest BCUT2D eigenvalue weighted by atomic mass is 9.90. The second-order valence-electron chi connectivity index (χ2n) is 8.69. The molecule has 2 heterocycles. The van der Waals surface area contributed by atoms with Crippen molar-refractivity contribution in [3.63, 3.8) is 0 Å². The third-order valence-electron chi connectivity index (χ3n) is 6.63. The van der Waals surface area contributed by atoms with Gasteiger partial charge in [0.2, 0.25) is 5.78 Å². The van der Waals surface area contributed by atoms with Crippen LogP contribution in [0.2, 0.25) is 10.0 Å². The Hall–Kier alpha value is -2.96. The van der Waals surface area contributed by atoms with Crippen molar-refractivity contribution >= 4 is 45.9 Å². The second-order valence-corrected chi connectivity index (χ2v) is 9.56. The molecule has 0 bridgehead atoms. The van der Waals surface area contributed by atoms with Crippen LogP contribution in [0.15, 0.2) is 58.2 Å². The summed E-state index contributed by atoms with van der Waals surface area (Å²) in [7, 11) is 1.48. The van der Waals surface area contributed by atoms with Crippen molar-refractivity contribution in [1.82, 2.24) is 4.90 Å². The molecule has 1 unspecified atom stereocenters. The number of methoxy groups -OCH3 is 1. The lowest BCUT2D eigenvalue weighted by Gasteiger charge is -2.36. The molecule has 1 N–H and O–H groups in total. The van der Waals surface area contributed by atoms with Crippen LogP contribution in [0, 0.1) is 0 Å². The fourth-order valence-electron chi connectivity index (χ4n) is 5.05. The highest BCUT2D eigenvalue weighted by Gasteiger charge is 2.47. The number of fused-ring (bicyclic) bond motifs is 1. The Kier molecular flexibility index (Phi) is 6.04. The predicted octanol–water partition coefficient (Wildman–Crippen LogP) is 6.66. The van der Waals surface area contributed by atoms with Gasteiger partial charge in [0, 0.05) is 27.5 Å². The second kappa shape index (κ2) is 9.01. The molecule has 1 atom stereocenters. The van der Waals surface area contributed by atoms with Crippen molar-refractivity contribution < 1.29 is 23.8 Å². The number of hydrogen-bond donors (Lipinski definition) is 1. The summed E-state index contributed by atoms with van der Waals surface area (Å²) in [6, 6.07) is 11.0. The van der Waals surface area contributed by atoms with E-state index in [-0.39, 0.29) is 17.4 Å². The third-order valence-corrected chi connectivity index (χ3v) is 7.10. The Labute approximate surface area is 206 Å². The summed E-state index contributed by atoms with van der Waals surface area (Å²) in [4.78, 5) is 28.7. The van der Waals surface area contributed by atoms with Crippen LogP contribution in [0.1, 0.15) is 54.3 Å². The van der Waals surface area contributed by atoms with E-state index in [1.54, 1.807) is 47.4 Å². The maximum absolute atomic E-state index is 13.7. The smallest absolute Gasteiger partial charge is 0.290 e. The molecule has 3 aromatic rings. The SMILES string of the molecule is COc1cc(Cl)cc2cc(C(=O)C3=C(O)C(=O)N(C4CCCCC4)C3c3ccc(Cl)cc3)oc12. The predicted molar refractivity (Wildman–Crippen MR) is 130 cm³/mol. The van der Waals surface area contributed by atoms with Crippen molar-refractivity contribution in [3.8, 4) is 5.75 Å². The number of hydrogen-bond acceptors (Lipinski definition) is 5. The highest BCUT2D eigenvalue weighted by molar-refractivity contribution is 6.31. The van der Waals surface area contributed by atoms with E-state index in [9.17, 15) is 14.7 Å². The molecule has 1 aliphatic heterocycles. The van der Waals surface area contributed by atoms with Crippen LogP contribution < -0.4 is 4.74 Å². The number of amides is 1. The quantitative estimate of drug-likeness (QED) is 0.397. The van der Waals surface area contributed by atoms with E-state index in [2.05, 4.69) is 0 Å². The molecular formula is C26H23Cl2NO5. The van der Waals surface area contributed by atoms with Gasteiger partial charge in [-0.1, -0.05) is 54.6 Å².